The molecule has 0 amide bonds. The van der Waals surface area contributed by atoms with Crippen molar-refractivity contribution < 1.29 is 0 Å². The van der Waals surface area contributed by atoms with E-state index in [-0.39, 0.29) is 0 Å². The summed E-state index contributed by atoms with van der Waals surface area (Å²) in [6.07, 6.45) is 7.67. The highest BCUT2D eigenvalue weighted by Gasteiger charge is 1.86. The Balaban J connectivity index is 0.00000121. The Kier molecular flexibility index (Phi) is 11.9. The summed E-state index contributed by atoms with van der Waals surface area (Å²) < 4.78 is 0. The van der Waals surface area contributed by atoms with Gasteiger partial charge in [-0.1, -0.05) is 76.5 Å². The molecule has 1 rings (SSSR count). The smallest absolute Gasteiger partial charge is 0.0245 e. The summed E-state index contributed by atoms with van der Waals surface area (Å²) in [4.78, 5) is 0. The van der Waals surface area contributed by atoms with Crippen molar-refractivity contribution in [3.05, 3.63) is 35.9 Å². The summed E-state index contributed by atoms with van der Waals surface area (Å²) in [5.41, 5.74) is 1.13. The van der Waals surface area contributed by atoms with Crippen LogP contribution in [-0.2, 0) is 0 Å². The van der Waals surface area contributed by atoms with E-state index in [1.54, 1.807) is 0 Å². The largest absolute Gasteiger partial charge is 0.0979 e. The second-order valence-corrected chi connectivity index (χ2v) is 3.83. The molecule has 94 valence electrons. The molecule has 0 saturated carbocycles. The first-order valence-electron chi connectivity index (χ1n) is 6.97. The zero-order valence-electron chi connectivity index (χ0n) is 11.6. The highest BCUT2D eigenvalue weighted by Crippen LogP contribution is 2.04. The van der Waals surface area contributed by atoms with Crippen LogP contribution in [0.3, 0.4) is 0 Å². The van der Waals surface area contributed by atoms with E-state index in [0.29, 0.717) is 0 Å². The molecule has 0 unspecified atom stereocenters. The maximum Gasteiger partial charge on any atom is 0.0245 e. The van der Waals surface area contributed by atoms with Crippen LogP contribution in [-0.4, -0.2) is 0 Å². The zero-order valence-corrected chi connectivity index (χ0v) is 11.6. The number of benzene rings is 1. The fourth-order valence-electron chi connectivity index (χ4n) is 1.50. The molecule has 0 spiro atoms. The molecule has 1 aromatic carbocycles. The molecular weight excluding hydrogens is 204 g/mol. The Morgan fingerprint density at radius 3 is 2.18 bits per heavy atom. The summed E-state index contributed by atoms with van der Waals surface area (Å²) in [7, 11) is 0. The van der Waals surface area contributed by atoms with Crippen molar-refractivity contribution in [1.82, 2.24) is 0 Å². The third-order valence-corrected chi connectivity index (χ3v) is 2.41. The Bertz CT molecular complexity index is 300. The number of unbranched alkanes of at least 4 members (excludes halogenated alkanes) is 5. The molecule has 0 heteroatoms. The molecular formula is C17H26. The monoisotopic (exact) mass is 230 g/mol. The average Bonchev–Trinajstić information content (AvgIpc) is 2.41. The van der Waals surface area contributed by atoms with Gasteiger partial charge in [0, 0.05) is 12.0 Å². The summed E-state index contributed by atoms with van der Waals surface area (Å²) in [6, 6.07) is 10.2. The highest BCUT2D eigenvalue weighted by molar-refractivity contribution is 5.33. The molecule has 0 heterocycles. The van der Waals surface area contributed by atoms with Crippen molar-refractivity contribution in [2.24, 2.45) is 0 Å². The molecule has 0 radical (unpaired) electrons. The predicted octanol–water partition coefficient (Wildman–Crippen LogP) is 5.42. The van der Waals surface area contributed by atoms with Crippen LogP contribution in [0, 0.1) is 11.8 Å². The van der Waals surface area contributed by atoms with Gasteiger partial charge >= 0.3 is 0 Å². The SMILES string of the molecule is CC.CCCCCCCC#Cc1ccccc1. The van der Waals surface area contributed by atoms with Crippen molar-refractivity contribution in [2.75, 3.05) is 0 Å². The van der Waals surface area contributed by atoms with Gasteiger partial charge in [0.05, 0.1) is 0 Å². The van der Waals surface area contributed by atoms with Gasteiger partial charge in [-0.25, -0.2) is 0 Å². The maximum atomic E-state index is 3.23. The van der Waals surface area contributed by atoms with Crippen LogP contribution >= 0.6 is 0 Å². The quantitative estimate of drug-likeness (QED) is 0.467. The van der Waals surface area contributed by atoms with Gasteiger partial charge in [-0.05, 0) is 18.6 Å². The Labute approximate surface area is 107 Å². The zero-order chi connectivity index (χ0) is 12.8. The van der Waals surface area contributed by atoms with Crippen molar-refractivity contribution in [1.29, 1.82) is 0 Å². The topological polar surface area (TPSA) is 0 Å². The minimum Gasteiger partial charge on any atom is -0.0979 e. The Hall–Kier alpha value is -1.22. The molecule has 0 aliphatic rings. The summed E-state index contributed by atoms with van der Waals surface area (Å²) in [6.45, 7) is 6.25. The van der Waals surface area contributed by atoms with E-state index >= 15 is 0 Å². The molecule has 0 fully saturated rings. The molecule has 0 saturated heterocycles. The van der Waals surface area contributed by atoms with E-state index in [9.17, 15) is 0 Å². The van der Waals surface area contributed by atoms with E-state index < -0.39 is 0 Å². The Morgan fingerprint density at radius 1 is 0.882 bits per heavy atom. The van der Waals surface area contributed by atoms with Gasteiger partial charge in [0.15, 0.2) is 0 Å². The molecule has 0 nitrogen and oxygen atoms in total. The van der Waals surface area contributed by atoms with E-state index in [1.165, 1.54) is 32.1 Å². The van der Waals surface area contributed by atoms with Crippen LogP contribution in [0.25, 0.3) is 0 Å². The van der Waals surface area contributed by atoms with Gasteiger partial charge in [-0.3, -0.25) is 0 Å². The van der Waals surface area contributed by atoms with Crippen molar-refractivity contribution in [3.8, 4) is 11.8 Å². The summed E-state index contributed by atoms with van der Waals surface area (Å²) >= 11 is 0. The van der Waals surface area contributed by atoms with Crippen LogP contribution < -0.4 is 0 Å². The van der Waals surface area contributed by atoms with Gasteiger partial charge in [0.2, 0.25) is 0 Å². The lowest BCUT2D eigenvalue weighted by Gasteiger charge is -1.94. The number of rotatable bonds is 5. The van der Waals surface area contributed by atoms with Crippen LogP contribution in [0.2, 0.25) is 0 Å². The molecule has 0 aliphatic carbocycles. The predicted molar refractivity (Wildman–Crippen MR) is 78.0 cm³/mol. The number of hydrogen-bond donors (Lipinski definition) is 0. The third-order valence-electron chi connectivity index (χ3n) is 2.41. The van der Waals surface area contributed by atoms with Gasteiger partial charge in [0.25, 0.3) is 0 Å². The lowest BCUT2D eigenvalue weighted by atomic mass is 10.1. The molecule has 0 atom stereocenters. The highest BCUT2D eigenvalue weighted by atomic mass is 13.9. The third kappa shape index (κ3) is 9.69. The summed E-state index contributed by atoms with van der Waals surface area (Å²) in [5, 5.41) is 0. The van der Waals surface area contributed by atoms with E-state index in [4.69, 9.17) is 0 Å². The van der Waals surface area contributed by atoms with Gasteiger partial charge < -0.3 is 0 Å². The second-order valence-electron chi connectivity index (χ2n) is 3.83. The van der Waals surface area contributed by atoms with Gasteiger partial charge in [-0.15, -0.1) is 0 Å². The van der Waals surface area contributed by atoms with Crippen LogP contribution in [0.5, 0.6) is 0 Å². The average molecular weight is 230 g/mol. The van der Waals surface area contributed by atoms with Crippen LogP contribution in [0.4, 0.5) is 0 Å². The molecule has 0 aromatic heterocycles. The molecule has 0 aliphatic heterocycles. The first kappa shape index (κ1) is 15.8. The maximum absolute atomic E-state index is 3.23. The molecule has 1 aromatic rings. The van der Waals surface area contributed by atoms with Crippen LogP contribution in [0.1, 0.15) is 64.9 Å². The fraction of sp³-hybridized carbons (Fsp3) is 0.529. The second kappa shape index (κ2) is 12.8. The normalized spacial score (nSPS) is 8.65. The first-order chi connectivity index (χ1) is 8.43. The standard InChI is InChI=1S/C15H20.C2H6/c1-2-3-4-5-6-7-9-12-15-13-10-8-11-14-15;1-2/h8,10-11,13-14H,2-7H2,1H3;1-2H3. The first-order valence-corrected chi connectivity index (χ1v) is 6.97. The van der Waals surface area contributed by atoms with E-state index in [1.807, 2.05) is 32.0 Å². The summed E-state index contributed by atoms with van der Waals surface area (Å²) in [5.74, 6) is 6.41. The van der Waals surface area contributed by atoms with Crippen molar-refractivity contribution >= 4 is 0 Å². The molecule has 17 heavy (non-hydrogen) atoms. The van der Waals surface area contributed by atoms with Gasteiger partial charge in [0.1, 0.15) is 0 Å². The fourth-order valence-corrected chi connectivity index (χ4v) is 1.50. The number of hydrogen-bond acceptors (Lipinski definition) is 0. The lowest BCUT2D eigenvalue weighted by molar-refractivity contribution is 0.641. The lowest BCUT2D eigenvalue weighted by Crippen LogP contribution is -1.76. The van der Waals surface area contributed by atoms with E-state index in [2.05, 4.69) is 30.9 Å². The minimum atomic E-state index is 1.04. The van der Waals surface area contributed by atoms with Crippen molar-refractivity contribution in [3.63, 3.8) is 0 Å². The molecule has 0 N–H and O–H groups in total. The van der Waals surface area contributed by atoms with Gasteiger partial charge in [-0.2, -0.15) is 0 Å². The van der Waals surface area contributed by atoms with Crippen LogP contribution in [0.15, 0.2) is 30.3 Å². The van der Waals surface area contributed by atoms with Crippen molar-refractivity contribution in [2.45, 2.75) is 59.3 Å². The van der Waals surface area contributed by atoms with E-state index in [0.717, 1.165) is 12.0 Å². The minimum absolute atomic E-state index is 1.04. The molecule has 0 bridgehead atoms. The Morgan fingerprint density at radius 2 is 1.53 bits per heavy atom.